The van der Waals surface area contributed by atoms with Gasteiger partial charge >= 0.3 is 5.97 Å². The molecule has 3 N–H and O–H groups in total. The first-order valence-electron chi connectivity index (χ1n) is 5.68. The topological polar surface area (TPSA) is 83.6 Å². The maximum atomic E-state index is 11.1. The standard InChI is InChI=1S/C11H20N2O3/c1-7-3-4-9(11(12)16)6-13(7)8(2)5-10(14)15/h7-9H,3-6H2,1-2H3,(H2,12,16)(H,14,15). The van der Waals surface area contributed by atoms with Crippen molar-refractivity contribution < 1.29 is 14.7 Å². The second kappa shape index (κ2) is 5.30. The molecule has 0 aliphatic carbocycles. The number of primary amides is 1. The van der Waals surface area contributed by atoms with Crippen molar-refractivity contribution in [3.05, 3.63) is 0 Å². The number of carbonyl (C=O) groups is 2. The van der Waals surface area contributed by atoms with Gasteiger partial charge in [-0.3, -0.25) is 14.5 Å². The second-order valence-electron chi connectivity index (χ2n) is 4.67. The van der Waals surface area contributed by atoms with E-state index < -0.39 is 5.97 Å². The van der Waals surface area contributed by atoms with E-state index in [0.29, 0.717) is 12.6 Å². The Morgan fingerprint density at radius 3 is 2.62 bits per heavy atom. The molecule has 5 nitrogen and oxygen atoms in total. The van der Waals surface area contributed by atoms with Crippen LogP contribution in [0.25, 0.3) is 0 Å². The molecule has 1 saturated heterocycles. The van der Waals surface area contributed by atoms with E-state index in [2.05, 4.69) is 11.8 Å². The number of aliphatic carboxylic acids is 1. The third-order valence-corrected chi connectivity index (χ3v) is 3.37. The number of nitrogens with zero attached hydrogens (tertiary/aromatic N) is 1. The first kappa shape index (κ1) is 13.0. The SMILES string of the molecule is CC1CCC(C(N)=O)CN1C(C)CC(=O)O. The normalized spacial score (nSPS) is 28.6. The largest absolute Gasteiger partial charge is 0.481 e. The van der Waals surface area contributed by atoms with Gasteiger partial charge < -0.3 is 10.8 Å². The van der Waals surface area contributed by atoms with Crippen LogP contribution in [-0.2, 0) is 9.59 Å². The summed E-state index contributed by atoms with van der Waals surface area (Å²) in [6, 6.07) is 0.277. The molecule has 1 rings (SSSR count). The van der Waals surface area contributed by atoms with Gasteiger partial charge in [0, 0.05) is 18.6 Å². The van der Waals surface area contributed by atoms with Crippen molar-refractivity contribution in [2.75, 3.05) is 6.54 Å². The summed E-state index contributed by atoms with van der Waals surface area (Å²) in [4.78, 5) is 23.9. The van der Waals surface area contributed by atoms with Gasteiger partial charge in [0.05, 0.1) is 12.3 Å². The number of hydrogen-bond donors (Lipinski definition) is 2. The number of hydrogen-bond acceptors (Lipinski definition) is 3. The van der Waals surface area contributed by atoms with E-state index in [0.717, 1.165) is 12.8 Å². The highest BCUT2D eigenvalue weighted by atomic mass is 16.4. The fraction of sp³-hybridized carbons (Fsp3) is 0.818. The lowest BCUT2D eigenvalue weighted by atomic mass is 9.91. The zero-order valence-electron chi connectivity index (χ0n) is 9.85. The molecule has 16 heavy (non-hydrogen) atoms. The molecular formula is C11H20N2O3. The van der Waals surface area contributed by atoms with Crippen molar-refractivity contribution in [1.29, 1.82) is 0 Å². The summed E-state index contributed by atoms with van der Waals surface area (Å²) in [5, 5.41) is 8.76. The summed E-state index contributed by atoms with van der Waals surface area (Å²) in [6.07, 6.45) is 1.82. The average Bonchev–Trinajstić information content (AvgIpc) is 2.16. The first-order chi connectivity index (χ1) is 7.41. The number of nitrogens with two attached hydrogens (primary N) is 1. The molecule has 1 amide bonds. The van der Waals surface area contributed by atoms with Crippen LogP contribution in [-0.4, -0.2) is 40.5 Å². The minimum Gasteiger partial charge on any atom is -0.481 e. The van der Waals surface area contributed by atoms with Crippen LogP contribution in [0.4, 0.5) is 0 Å². The molecule has 0 aromatic carbocycles. The quantitative estimate of drug-likeness (QED) is 0.731. The monoisotopic (exact) mass is 228 g/mol. The van der Waals surface area contributed by atoms with Gasteiger partial charge in [0.2, 0.25) is 5.91 Å². The molecule has 3 unspecified atom stereocenters. The Morgan fingerprint density at radius 1 is 1.50 bits per heavy atom. The third kappa shape index (κ3) is 3.20. The number of carboxylic acids is 1. The van der Waals surface area contributed by atoms with Gasteiger partial charge in [0.15, 0.2) is 0 Å². The Balaban J connectivity index is 2.61. The zero-order valence-corrected chi connectivity index (χ0v) is 9.85. The van der Waals surface area contributed by atoms with Crippen LogP contribution >= 0.6 is 0 Å². The van der Waals surface area contributed by atoms with Crippen molar-refractivity contribution in [1.82, 2.24) is 4.90 Å². The molecule has 0 saturated carbocycles. The highest BCUT2D eigenvalue weighted by molar-refractivity contribution is 5.77. The fourth-order valence-electron chi connectivity index (χ4n) is 2.35. The van der Waals surface area contributed by atoms with E-state index in [4.69, 9.17) is 10.8 Å². The summed E-state index contributed by atoms with van der Waals surface area (Å²) >= 11 is 0. The molecule has 0 aromatic heterocycles. The van der Waals surface area contributed by atoms with Gasteiger partial charge in [-0.2, -0.15) is 0 Å². The predicted molar refractivity (Wildman–Crippen MR) is 59.8 cm³/mol. The van der Waals surface area contributed by atoms with Crippen LogP contribution in [0.2, 0.25) is 0 Å². The molecular weight excluding hydrogens is 208 g/mol. The van der Waals surface area contributed by atoms with E-state index in [1.807, 2.05) is 6.92 Å². The summed E-state index contributed by atoms with van der Waals surface area (Å²) in [5.41, 5.74) is 5.29. The highest BCUT2D eigenvalue weighted by Crippen LogP contribution is 2.24. The van der Waals surface area contributed by atoms with Crippen molar-refractivity contribution in [2.24, 2.45) is 11.7 Å². The maximum Gasteiger partial charge on any atom is 0.304 e. The number of carboxylic acid groups (broad SMARTS) is 1. The Labute approximate surface area is 95.6 Å². The van der Waals surface area contributed by atoms with Crippen molar-refractivity contribution in [3.63, 3.8) is 0 Å². The molecule has 1 aliphatic rings. The molecule has 5 heteroatoms. The van der Waals surface area contributed by atoms with Crippen molar-refractivity contribution >= 4 is 11.9 Å². The molecule has 3 atom stereocenters. The molecule has 0 spiro atoms. The summed E-state index contributed by atoms with van der Waals surface area (Å²) in [7, 11) is 0. The Kier molecular flexibility index (Phi) is 4.29. The van der Waals surface area contributed by atoms with E-state index in [1.165, 1.54) is 0 Å². The average molecular weight is 228 g/mol. The zero-order chi connectivity index (χ0) is 12.3. The van der Waals surface area contributed by atoms with E-state index in [-0.39, 0.29) is 24.3 Å². The predicted octanol–water partition coefficient (Wildman–Crippen LogP) is 0.435. The summed E-state index contributed by atoms with van der Waals surface area (Å²) in [6.45, 7) is 4.54. The number of amides is 1. The summed E-state index contributed by atoms with van der Waals surface area (Å²) < 4.78 is 0. The number of likely N-dealkylation sites (tertiary alicyclic amines) is 1. The molecule has 1 aliphatic heterocycles. The summed E-state index contributed by atoms with van der Waals surface area (Å²) in [5.74, 6) is -1.22. The molecule has 0 aromatic rings. The van der Waals surface area contributed by atoms with Gasteiger partial charge in [-0.25, -0.2) is 0 Å². The van der Waals surface area contributed by atoms with Gasteiger partial charge in [-0.15, -0.1) is 0 Å². The fourth-order valence-corrected chi connectivity index (χ4v) is 2.35. The van der Waals surface area contributed by atoms with Crippen LogP contribution in [0, 0.1) is 5.92 Å². The van der Waals surface area contributed by atoms with Crippen molar-refractivity contribution in [3.8, 4) is 0 Å². The van der Waals surface area contributed by atoms with Crippen LogP contribution in [0.5, 0.6) is 0 Å². The van der Waals surface area contributed by atoms with Crippen LogP contribution in [0.3, 0.4) is 0 Å². The van der Waals surface area contributed by atoms with Gasteiger partial charge in [0.1, 0.15) is 0 Å². The number of rotatable bonds is 4. The molecule has 1 fully saturated rings. The lowest BCUT2D eigenvalue weighted by Gasteiger charge is -2.40. The van der Waals surface area contributed by atoms with E-state index >= 15 is 0 Å². The molecule has 1 heterocycles. The third-order valence-electron chi connectivity index (χ3n) is 3.37. The Bertz CT molecular complexity index is 280. The second-order valence-corrected chi connectivity index (χ2v) is 4.67. The minimum atomic E-state index is -0.805. The van der Waals surface area contributed by atoms with Gasteiger partial charge in [-0.1, -0.05) is 0 Å². The van der Waals surface area contributed by atoms with Crippen LogP contribution in [0.15, 0.2) is 0 Å². The first-order valence-corrected chi connectivity index (χ1v) is 5.68. The van der Waals surface area contributed by atoms with Crippen LogP contribution < -0.4 is 5.73 Å². The van der Waals surface area contributed by atoms with Crippen molar-refractivity contribution in [2.45, 2.75) is 45.2 Å². The Hall–Kier alpha value is -1.10. The lowest BCUT2D eigenvalue weighted by molar-refractivity contribution is -0.138. The highest BCUT2D eigenvalue weighted by Gasteiger charge is 2.31. The molecule has 0 bridgehead atoms. The smallest absolute Gasteiger partial charge is 0.304 e. The maximum absolute atomic E-state index is 11.1. The molecule has 92 valence electrons. The van der Waals surface area contributed by atoms with Crippen LogP contribution in [0.1, 0.15) is 33.1 Å². The molecule has 0 radical (unpaired) electrons. The van der Waals surface area contributed by atoms with E-state index in [9.17, 15) is 9.59 Å². The van der Waals surface area contributed by atoms with Gasteiger partial charge in [-0.05, 0) is 26.7 Å². The van der Waals surface area contributed by atoms with E-state index in [1.54, 1.807) is 0 Å². The minimum absolute atomic E-state index is 0.0466. The lowest BCUT2D eigenvalue weighted by Crippen LogP contribution is -2.50. The Morgan fingerprint density at radius 2 is 2.12 bits per heavy atom. The number of carbonyl (C=O) groups excluding carboxylic acids is 1. The van der Waals surface area contributed by atoms with Gasteiger partial charge in [0.25, 0.3) is 0 Å². The number of piperidine rings is 1.